The zero-order valence-electron chi connectivity index (χ0n) is 9.61. The molecule has 0 radical (unpaired) electrons. The molecule has 0 saturated heterocycles. The van der Waals surface area contributed by atoms with Crippen molar-refractivity contribution in [1.82, 2.24) is 10.3 Å². The van der Waals surface area contributed by atoms with Gasteiger partial charge < -0.3 is 15.4 Å². The highest BCUT2D eigenvalue weighted by atomic mass is 16.4. The first-order valence-electron chi connectivity index (χ1n) is 5.13. The van der Waals surface area contributed by atoms with Crippen LogP contribution in [0.3, 0.4) is 0 Å². The van der Waals surface area contributed by atoms with Crippen molar-refractivity contribution in [2.75, 3.05) is 0 Å². The molecule has 0 fully saturated rings. The second-order valence-corrected chi connectivity index (χ2v) is 3.87. The van der Waals surface area contributed by atoms with E-state index in [1.807, 2.05) is 0 Å². The SMILES string of the molecule is CCC(C)(NC(=O)c1c[nH]ccc1=O)C(=O)O. The number of amides is 1. The number of aromatic nitrogens is 1. The summed E-state index contributed by atoms with van der Waals surface area (Å²) in [6.45, 7) is 3.04. The van der Waals surface area contributed by atoms with Gasteiger partial charge >= 0.3 is 5.97 Å². The molecule has 1 atom stereocenters. The number of hydrogen-bond donors (Lipinski definition) is 3. The van der Waals surface area contributed by atoms with Gasteiger partial charge in [-0.05, 0) is 13.3 Å². The molecule has 3 N–H and O–H groups in total. The summed E-state index contributed by atoms with van der Waals surface area (Å²) in [5.41, 5.74) is -1.93. The zero-order chi connectivity index (χ0) is 13.1. The predicted octanol–water partition coefficient (Wildman–Crippen LogP) is 0.358. The van der Waals surface area contributed by atoms with E-state index in [4.69, 9.17) is 5.11 Å². The van der Waals surface area contributed by atoms with Crippen molar-refractivity contribution in [2.45, 2.75) is 25.8 Å². The number of hydrogen-bond acceptors (Lipinski definition) is 3. The van der Waals surface area contributed by atoms with Crippen LogP contribution in [0.4, 0.5) is 0 Å². The number of aromatic amines is 1. The minimum atomic E-state index is -1.38. The van der Waals surface area contributed by atoms with Gasteiger partial charge in [-0.3, -0.25) is 9.59 Å². The number of aliphatic carboxylic acids is 1. The van der Waals surface area contributed by atoms with E-state index >= 15 is 0 Å². The van der Waals surface area contributed by atoms with Gasteiger partial charge in [-0.2, -0.15) is 0 Å². The molecular formula is C11H14N2O4. The average molecular weight is 238 g/mol. The molecular weight excluding hydrogens is 224 g/mol. The number of rotatable bonds is 4. The van der Waals surface area contributed by atoms with Crippen LogP contribution in [0.15, 0.2) is 23.3 Å². The highest BCUT2D eigenvalue weighted by Gasteiger charge is 2.33. The lowest BCUT2D eigenvalue weighted by Gasteiger charge is -2.24. The molecule has 0 aliphatic heterocycles. The highest BCUT2D eigenvalue weighted by molar-refractivity contribution is 5.97. The Labute approximate surface area is 97.7 Å². The molecule has 0 spiro atoms. The van der Waals surface area contributed by atoms with Crippen LogP contribution in [-0.4, -0.2) is 27.5 Å². The number of carbonyl (C=O) groups excluding carboxylic acids is 1. The summed E-state index contributed by atoms with van der Waals surface area (Å²) < 4.78 is 0. The van der Waals surface area contributed by atoms with Crippen LogP contribution < -0.4 is 10.7 Å². The fourth-order valence-electron chi connectivity index (χ4n) is 1.20. The van der Waals surface area contributed by atoms with Crippen molar-refractivity contribution in [3.05, 3.63) is 34.2 Å². The Bertz CT molecular complexity index is 494. The standard InChI is InChI=1S/C11H14N2O4/c1-3-11(2,10(16)17)13-9(15)7-6-12-5-4-8(7)14/h4-6H,3H2,1-2H3,(H,12,14)(H,13,15)(H,16,17). The van der Waals surface area contributed by atoms with E-state index in [9.17, 15) is 14.4 Å². The topological polar surface area (TPSA) is 99.3 Å². The third-order valence-electron chi connectivity index (χ3n) is 2.64. The van der Waals surface area contributed by atoms with Crippen LogP contribution >= 0.6 is 0 Å². The van der Waals surface area contributed by atoms with Gasteiger partial charge in [-0.1, -0.05) is 6.92 Å². The summed E-state index contributed by atoms with van der Waals surface area (Å²) in [6.07, 6.45) is 2.86. The van der Waals surface area contributed by atoms with E-state index in [-0.39, 0.29) is 12.0 Å². The molecule has 1 amide bonds. The lowest BCUT2D eigenvalue weighted by Crippen LogP contribution is -2.52. The van der Waals surface area contributed by atoms with Crippen LogP contribution in [0.1, 0.15) is 30.6 Å². The van der Waals surface area contributed by atoms with E-state index in [1.54, 1.807) is 6.92 Å². The van der Waals surface area contributed by atoms with Crippen LogP contribution in [0.25, 0.3) is 0 Å². The van der Waals surface area contributed by atoms with Gasteiger partial charge in [0.05, 0.1) is 0 Å². The second-order valence-electron chi connectivity index (χ2n) is 3.87. The molecule has 0 aliphatic carbocycles. The van der Waals surface area contributed by atoms with Crippen molar-refractivity contribution >= 4 is 11.9 Å². The Morgan fingerprint density at radius 1 is 1.53 bits per heavy atom. The van der Waals surface area contributed by atoms with Gasteiger partial charge in [0, 0.05) is 18.5 Å². The Morgan fingerprint density at radius 2 is 2.18 bits per heavy atom. The van der Waals surface area contributed by atoms with E-state index in [0.29, 0.717) is 0 Å². The first-order chi connectivity index (χ1) is 7.90. The first kappa shape index (κ1) is 13.0. The number of H-pyrrole nitrogens is 1. The van der Waals surface area contributed by atoms with Crippen molar-refractivity contribution in [3.8, 4) is 0 Å². The molecule has 0 aliphatic rings. The molecule has 1 unspecified atom stereocenters. The molecule has 1 aromatic rings. The molecule has 0 bridgehead atoms. The van der Waals surface area contributed by atoms with E-state index < -0.39 is 22.8 Å². The van der Waals surface area contributed by atoms with Gasteiger partial charge in [-0.25, -0.2) is 4.79 Å². The smallest absolute Gasteiger partial charge is 0.329 e. The van der Waals surface area contributed by atoms with Crippen molar-refractivity contribution in [2.24, 2.45) is 0 Å². The minimum Gasteiger partial charge on any atom is -0.480 e. The zero-order valence-corrected chi connectivity index (χ0v) is 9.61. The summed E-state index contributed by atoms with van der Waals surface area (Å²) in [5, 5.41) is 11.3. The number of carbonyl (C=O) groups is 2. The lowest BCUT2D eigenvalue weighted by atomic mass is 9.99. The summed E-state index contributed by atoms with van der Waals surface area (Å²) in [4.78, 5) is 36.7. The van der Waals surface area contributed by atoms with E-state index in [1.165, 1.54) is 25.4 Å². The van der Waals surface area contributed by atoms with Crippen molar-refractivity contribution in [3.63, 3.8) is 0 Å². The Hall–Kier alpha value is -2.11. The molecule has 0 aromatic carbocycles. The molecule has 17 heavy (non-hydrogen) atoms. The largest absolute Gasteiger partial charge is 0.480 e. The minimum absolute atomic E-state index is 0.103. The molecule has 92 valence electrons. The third kappa shape index (κ3) is 2.72. The Kier molecular flexibility index (Phi) is 3.67. The number of carboxylic acids is 1. The molecule has 1 heterocycles. The molecule has 0 saturated carbocycles. The maximum Gasteiger partial charge on any atom is 0.329 e. The maximum absolute atomic E-state index is 11.8. The molecule has 6 nitrogen and oxygen atoms in total. The average Bonchev–Trinajstić information content (AvgIpc) is 2.29. The normalized spacial score (nSPS) is 13.8. The molecule has 6 heteroatoms. The quantitative estimate of drug-likeness (QED) is 0.705. The predicted molar refractivity (Wildman–Crippen MR) is 60.9 cm³/mol. The lowest BCUT2D eigenvalue weighted by molar-refractivity contribution is -0.143. The summed E-state index contributed by atoms with van der Waals surface area (Å²) >= 11 is 0. The van der Waals surface area contributed by atoms with Crippen LogP contribution in [0.5, 0.6) is 0 Å². The van der Waals surface area contributed by atoms with Gasteiger partial charge in [0.2, 0.25) is 0 Å². The van der Waals surface area contributed by atoms with Crippen LogP contribution in [0.2, 0.25) is 0 Å². The van der Waals surface area contributed by atoms with Gasteiger partial charge in [0.25, 0.3) is 5.91 Å². The number of carboxylic acid groups (broad SMARTS) is 1. The van der Waals surface area contributed by atoms with Crippen LogP contribution in [0, 0.1) is 0 Å². The van der Waals surface area contributed by atoms with Gasteiger partial charge in [0.15, 0.2) is 5.43 Å². The fourth-order valence-corrected chi connectivity index (χ4v) is 1.20. The summed E-state index contributed by atoms with van der Waals surface area (Å²) in [5.74, 6) is -1.83. The summed E-state index contributed by atoms with van der Waals surface area (Å²) in [6, 6.07) is 1.21. The van der Waals surface area contributed by atoms with Gasteiger partial charge in [0.1, 0.15) is 11.1 Å². The maximum atomic E-state index is 11.8. The Morgan fingerprint density at radius 3 is 2.65 bits per heavy atom. The molecule has 1 aromatic heterocycles. The van der Waals surface area contributed by atoms with Crippen molar-refractivity contribution in [1.29, 1.82) is 0 Å². The monoisotopic (exact) mass is 238 g/mol. The van der Waals surface area contributed by atoms with E-state index in [0.717, 1.165) is 0 Å². The third-order valence-corrected chi connectivity index (χ3v) is 2.64. The second kappa shape index (κ2) is 4.82. The first-order valence-corrected chi connectivity index (χ1v) is 5.13. The number of pyridine rings is 1. The van der Waals surface area contributed by atoms with Crippen molar-refractivity contribution < 1.29 is 14.7 Å². The fraction of sp³-hybridized carbons (Fsp3) is 0.364. The Balaban J connectivity index is 2.98. The molecule has 1 rings (SSSR count). The summed E-state index contributed by atoms with van der Waals surface area (Å²) in [7, 11) is 0. The van der Waals surface area contributed by atoms with E-state index in [2.05, 4.69) is 10.3 Å². The van der Waals surface area contributed by atoms with Crippen LogP contribution in [-0.2, 0) is 4.79 Å². The van der Waals surface area contributed by atoms with Gasteiger partial charge in [-0.15, -0.1) is 0 Å². The highest BCUT2D eigenvalue weighted by Crippen LogP contribution is 2.09. The number of nitrogens with one attached hydrogen (secondary N) is 2.